The molecule has 0 aliphatic carbocycles. The molecule has 1 aliphatic heterocycles. The number of hydrogen-bond donors (Lipinski definition) is 1. The molecule has 0 spiro atoms. The lowest BCUT2D eigenvalue weighted by atomic mass is 10.1. The molecule has 0 fully saturated rings. The highest BCUT2D eigenvalue weighted by Crippen LogP contribution is 2.35. The minimum absolute atomic E-state index is 0.0374. The van der Waals surface area contributed by atoms with E-state index in [-0.39, 0.29) is 12.0 Å². The van der Waals surface area contributed by atoms with Crippen LogP contribution in [0.3, 0.4) is 0 Å². The molecule has 2 atom stereocenters. The van der Waals surface area contributed by atoms with Crippen LogP contribution in [0.1, 0.15) is 13.8 Å². The smallest absolute Gasteiger partial charge is 0.267 e. The minimum Gasteiger partial charge on any atom is -0.479 e. The van der Waals surface area contributed by atoms with Gasteiger partial charge in [-0.2, -0.15) is 0 Å². The number of hydrogen-bond acceptors (Lipinski definition) is 4. The van der Waals surface area contributed by atoms with Gasteiger partial charge in [0.15, 0.2) is 6.10 Å². The zero-order valence-corrected chi connectivity index (χ0v) is 10.8. The van der Waals surface area contributed by atoms with Crippen LogP contribution in [0.4, 0.5) is 11.4 Å². The number of fused-ring (bicyclic) bond motifs is 1. The van der Waals surface area contributed by atoms with Crippen molar-refractivity contribution < 1.29 is 14.3 Å². The molecule has 0 radical (unpaired) electrons. The molecule has 1 heterocycles. The summed E-state index contributed by atoms with van der Waals surface area (Å²) in [6.07, 6.45) is -0.534. The lowest BCUT2D eigenvalue weighted by Gasteiger charge is -2.34. The first kappa shape index (κ1) is 12.7. The van der Waals surface area contributed by atoms with E-state index in [1.807, 2.05) is 6.92 Å². The van der Waals surface area contributed by atoms with Gasteiger partial charge in [0.1, 0.15) is 5.75 Å². The van der Waals surface area contributed by atoms with E-state index in [0.717, 1.165) is 5.69 Å². The Bertz CT molecular complexity index is 462. The number of carbonyl (C=O) groups excluding carboxylic acids is 1. The molecule has 2 rings (SSSR count). The molecule has 1 aromatic carbocycles. The van der Waals surface area contributed by atoms with Gasteiger partial charge < -0.3 is 20.1 Å². The molecule has 98 valence electrons. The number of anilines is 2. The fourth-order valence-electron chi connectivity index (χ4n) is 1.95. The first-order chi connectivity index (χ1) is 8.52. The van der Waals surface area contributed by atoms with E-state index < -0.39 is 6.10 Å². The van der Waals surface area contributed by atoms with Gasteiger partial charge >= 0.3 is 0 Å². The number of rotatable bonds is 3. The maximum atomic E-state index is 12.1. The van der Waals surface area contributed by atoms with E-state index in [4.69, 9.17) is 15.2 Å². The van der Waals surface area contributed by atoms with Crippen LogP contribution in [-0.2, 0) is 9.53 Å². The van der Waals surface area contributed by atoms with Gasteiger partial charge in [-0.1, -0.05) is 0 Å². The van der Waals surface area contributed by atoms with E-state index in [9.17, 15) is 4.79 Å². The molecule has 1 aromatic rings. The summed E-state index contributed by atoms with van der Waals surface area (Å²) in [5.41, 5.74) is 7.09. The van der Waals surface area contributed by atoms with Crippen LogP contribution in [0.15, 0.2) is 18.2 Å². The highest BCUT2D eigenvalue weighted by molar-refractivity contribution is 6.00. The van der Waals surface area contributed by atoms with E-state index in [2.05, 4.69) is 0 Å². The van der Waals surface area contributed by atoms with Gasteiger partial charge in [0.2, 0.25) is 0 Å². The second-order valence-electron chi connectivity index (χ2n) is 4.48. The Morgan fingerprint density at radius 1 is 1.56 bits per heavy atom. The topological polar surface area (TPSA) is 64.8 Å². The van der Waals surface area contributed by atoms with Crippen LogP contribution >= 0.6 is 0 Å². The van der Waals surface area contributed by atoms with E-state index in [1.54, 1.807) is 37.1 Å². The Kier molecular flexibility index (Phi) is 3.43. The fraction of sp³-hybridized carbons (Fsp3) is 0.462. The van der Waals surface area contributed by atoms with Crippen molar-refractivity contribution in [1.82, 2.24) is 0 Å². The third-order valence-corrected chi connectivity index (χ3v) is 3.03. The van der Waals surface area contributed by atoms with E-state index >= 15 is 0 Å². The van der Waals surface area contributed by atoms with Gasteiger partial charge in [-0.25, -0.2) is 0 Å². The molecular formula is C13H18N2O3. The van der Waals surface area contributed by atoms with Crippen molar-refractivity contribution >= 4 is 17.3 Å². The number of nitrogens with zero attached hydrogens (tertiary/aromatic N) is 1. The lowest BCUT2D eigenvalue weighted by molar-refractivity contribution is -0.126. The van der Waals surface area contributed by atoms with Crippen LogP contribution in [0, 0.1) is 0 Å². The molecule has 0 saturated carbocycles. The molecule has 5 nitrogen and oxygen atoms in total. The molecule has 1 aliphatic rings. The molecule has 0 saturated heterocycles. The standard InChI is InChI=1S/C13H18N2O3/c1-8(17-3)7-15-11-5-4-10(14)6-12(11)18-9(2)13(15)16/h4-6,8-9H,7,14H2,1-3H3. The normalized spacial score (nSPS) is 20.3. The van der Waals surface area contributed by atoms with Gasteiger partial charge in [-0.3, -0.25) is 4.79 Å². The number of amides is 1. The van der Waals surface area contributed by atoms with Crippen molar-refractivity contribution in [3.63, 3.8) is 0 Å². The maximum absolute atomic E-state index is 12.1. The lowest BCUT2D eigenvalue weighted by Crippen LogP contribution is -2.47. The van der Waals surface area contributed by atoms with E-state index in [0.29, 0.717) is 18.0 Å². The molecule has 0 bridgehead atoms. The first-order valence-corrected chi connectivity index (χ1v) is 5.93. The zero-order chi connectivity index (χ0) is 13.3. The Labute approximate surface area is 106 Å². The Morgan fingerprint density at radius 3 is 2.94 bits per heavy atom. The average Bonchev–Trinajstić information content (AvgIpc) is 2.34. The quantitative estimate of drug-likeness (QED) is 0.824. The summed E-state index contributed by atoms with van der Waals surface area (Å²) >= 11 is 0. The number of ether oxygens (including phenoxy) is 2. The number of benzene rings is 1. The van der Waals surface area contributed by atoms with Crippen LogP contribution in [-0.4, -0.2) is 31.8 Å². The largest absolute Gasteiger partial charge is 0.479 e. The number of nitrogen functional groups attached to an aromatic ring is 1. The minimum atomic E-state index is -0.497. The fourth-order valence-corrected chi connectivity index (χ4v) is 1.95. The Morgan fingerprint density at radius 2 is 2.28 bits per heavy atom. The third kappa shape index (κ3) is 2.26. The van der Waals surface area contributed by atoms with Crippen LogP contribution < -0.4 is 15.4 Å². The SMILES string of the molecule is COC(C)CN1C(=O)C(C)Oc2cc(N)ccc21. The number of carbonyl (C=O) groups is 1. The van der Waals surface area contributed by atoms with Crippen molar-refractivity contribution in [3.8, 4) is 5.75 Å². The predicted octanol–water partition coefficient (Wildman–Crippen LogP) is 1.42. The summed E-state index contributed by atoms with van der Waals surface area (Å²) in [5.74, 6) is 0.585. The second-order valence-corrected chi connectivity index (χ2v) is 4.48. The highest BCUT2D eigenvalue weighted by Gasteiger charge is 2.32. The van der Waals surface area contributed by atoms with Crippen molar-refractivity contribution in [2.45, 2.75) is 26.1 Å². The monoisotopic (exact) mass is 250 g/mol. The molecule has 2 N–H and O–H groups in total. The van der Waals surface area contributed by atoms with Gasteiger partial charge in [0.25, 0.3) is 5.91 Å². The summed E-state index contributed by atoms with van der Waals surface area (Å²) in [5, 5.41) is 0. The van der Waals surface area contributed by atoms with Gasteiger partial charge in [0.05, 0.1) is 18.3 Å². The van der Waals surface area contributed by atoms with E-state index in [1.165, 1.54) is 0 Å². The third-order valence-electron chi connectivity index (χ3n) is 3.03. The highest BCUT2D eigenvalue weighted by atomic mass is 16.5. The first-order valence-electron chi connectivity index (χ1n) is 5.93. The number of nitrogens with two attached hydrogens (primary N) is 1. The summed E-state index contributed by atoms with van der Waals surface area (Å²) in [7, 11) is 1.63. The molecule has 1 amide bonds. The van der Waals surface area contributed by atoms with Gasteiger partial charge in [0, 0.05) is 18.9 Å². The summed E-state index contributed by atoms with van der Waals surface area (Å²) in [6, 6.07) is 5.30. The maximum Gasteiger partial charge on any atom is 0.267 e. The van der Waals surface area contributed by atoms with Crippen LogP contribution in [0.25, 0.3) is 0 Å². The molecule has 18 heavy (non-hydrogen) atoms. The van der Waals surface area contributed by atoms with Crippen molar-refractivity contribution in [2.75, 3.05) is 24.3 Å². The van der Waals surface area contributed by atoms with Crippen LogP contribution in [0.2, 0.25) is 0 Å². The van der Waals surface area contributed by atoms with Gasteiger partial charge in [-0.05, 0) is 26.0 Å². The predicted molar refractivity (Wildman–Crippen MR) is 69.8 cm³/mol. The molecule has 2 unspecified atom stereocenters. The van der Waals surface area contributed by atoms with Crippen molar-refractivity contribution in [3.05, 3.63) is 18.2 Å². The van der Waals surface area contributed by atoms with Crippen molar-refractivity contribution in [1.29, 1.82) is 0 Å². The zero-order valence-electron chi connectivity index (χ0n) is 10.8. The Hall–Kier alpha value is -1.75. The molecule has 0 aromatic heterocycles. The van der Waals surface area contributed by atoms with Crippen molar-refractivity contribution in [2.24, 2.45) is 0 Å². The average molecular weight is 250 g/mol. The Balaban J connectivity index is 2.36. The number of methoxy groups -OCH3 is 1. The molecular weight excluding hydrogens is 232 g/mol. The summed E-state index contributed by atoms with van der Waals surface area (Å²) < 4.78 is 10.8. The van der Waals surface area contributed by atoms with Crippen LogP contribution in [0.5, 0.6) is 5.75 Å². The molecule has 5 heteroatoms. The van der Waals surface area contributed by atoms with Gasteiger partial charge in [-0.15, -0.1) is 0 Å². The summed E-state index contributed by atoms with van der Waals surface area (Å²) in [6.45, 7) is 4.16. The summed E-state index contributed by atoms with van der Waals surface area (Å²) in [4.78, 5) is 13.8. The second kappa shape index (κ2) is 4.86.